The van der Waals surface area contributed by atoms with Crippen molar-refractivity contribution in [1.82, 2.24) is 10.2 Å². The molecule has 1 N–H and O–H groups in total. The van der Waals surface area contributed by atoms with Crippen LogP contribution in [0.4, 0.5) is 14.5 Å². The summed E-state index contributed by atoms with van der Waals surface area (Å²) in [6.07, 6.45) is 1.33. The maximum atomic E-state index is 13.7. The minimum atomic E-state index is -3.82. The zero-order valence-electron chi connectivity index (χ0n) is 19.9. The quantitative estimate of drug-likeness (QED) is 0.448. The number of nitrogens with one attached hydrogen (secondary N) is 1. The molecule has 0 heterocycles. The van der Waals surface area contributed by atoms with Crippen molar-refractivity contribution in [3.8, 4) is 0 Å². The number of carbonyl (C=O) groups excluding carboxylic acids is 2. The molecule has 2 amide bonds. The Hall–Kier alpha value is -2.72. The van der Waals surface area contributed by atoms with Crippen molar-refractivity contribution in [2.24, 2.45) is 0 Å². The zero-order valence-corrected chi connectivity index (χ0v) is 21.5. The highest BCUT2D eigenvalue weighted by molar-refractivity contribution is 7.92. The van der Waals surface area contributed by atoms with E-state index < -0.39 is 27.7 Å². The number of hydrogen-bond donors (Lipinski definition) is 1. The summed E-state index contributed by atoms with van der Waals surface area (Å²) in [4.78, 5) is 27.4. The second-order valence-electron chi connectivity index (χ2n) is 7.97. The highest BCUT2D eigenvalue weighted by atomic mass is 35.5. The molecule has 0 aliphatic carbocycles. The van der Waals surface area contributed by atoms with Gasteiger partial charge >= 0.3 is 0 Å². The smallest absolute Gasteiger partial charge is 0.242 e. The van der Waals surface area contributed by atoms with E-state index in [1.54, 1.807) is 38.1 Å². The first-order valence-corrected chi connectivity index (χ1v) is 13.5. The van der Waals surface area contributed by atoms with Crippen LogP contribution in [0.25, 0.3) is 0 Å². The molecule has 35 heavy (non-hydrogen) atoms. The van der Waals surface area contributed by atoms with Crippen molar-refractivity contribution >= 4 is 39.1 Å². The lowest BCUT2D eigenvalue weighted by Gasteiger charge is -2.31. The molecule has 11 heteroatoms. The Morgan fingerprint density at radius 3 is 2.34 bits per heavy atom. The molecule has 2 rings (SSSR count). The first kappa shape index (κ1) is 28.5. The number of sulfonamides is 1. The van der Waals surface area contributed by atoms with Crippen LogP contribution in [-0.2, 0) is 26.2 Å². The fraction of sp³-hybridized carbons (Fsp3) is 0.417. The standard InChI is InChI=1S/C24H30ClF2N3O4S/c1-4-22(24(32)28-5-2)29(16-17-9-6-7-10-19(17)25)23(31)11-8-14-30(35(3,33)34)18-12-13-20(26)21(27)15-18/h6-7,9-10,12-13,15,22H,4-5,8,11,14,16H2,1-3H3,(H,28,32). The Morgan fingerprint density at radius 2 is 1.77 bits per heavy atom. The predicted molar refractivity (Wildman–Crippen MR) is 133 cm³/mol. The number of benzene rings is 2. The molecule has 192 valence electrons. The van der Waals surface area contributed by atoms with Gasteiger partial charge in [-0.05, 0) is 43.5 Å². The lowest BCUT2D eigenvalue weighted by Crippen LogP contribution is -2.49. The third-order valence-electron chi connectivity index (χ3n) is 5.38. The van der Waals surface area contributed by atoms with Gasteiger partial charge in [0.1, 0.15) is 6.04 Å². The number of halogens is 3. The van der Waals surface area contributed by atoms with Crippen LogP contribution < -0.4 is 9.62 Å². The SMILES string of the molecule is CCNC(=O)C(CC)N(Cc1ccccc1Cl)C(=O)CCCN(c1ccc(F)c(F)c1)S(C)(=O)=O. The van der Waals surface area contributed by atoms with Crippen LogP contribution in [0.5, 0.6) is 0 Å². The van der Waals surface area contributed by atoms with E-state index in [-0.39, 0.29) is 43.4 Å². The number of likely N-dealkylation sites (N-methyl/N-ethyl adjacent to an activating group) is 1. The van der Waals surface area contributed by atoms with Crippen LogP contribution >= 0.6 is 11.6 Å². The van der Waals surface area contributed by atoms with Gasteiger partial charge in [0.15, 0.2) is 11.6 Å². The first-order valence-electron chi connectivity index (χ1n) is 11.2. The predicted octanol–water partition coefficient (Wildman–Crippen LogP) is 4.11. The molecule has 0 radical (unpaired) electrons. The fourth-order valence-electron chi connectivity index (χ4n) is 3.67. The summed E-state index contributed by atoms with van der Waals surface area (Å²) >= 11 is 6.28. The average molecular weight is 530 g/mol. The van der Waals surface area contributed by atoms with Crippen LogP contribution in [0.15, 0.2) is 42.5 Å². The Kier molecular flexibility index (Phi) is 10.5. The Balaban J connectivity index is 2.23. The number of amides is 2. The van der Waals surface area contributed by atoms with Gasteiger partial charge < -0.3 is 10.2 Å². The minimum Gasteiger partial charge on any atom is -0.355 e. The molecule has 0 bridgehead atoms. The van der Waals surface area contributed by atoms with E-state index in [2.05, 4.69) is 5.32 Å². The van der Waals surface area contributed by atoms with Crippen molar-refractivity contribution < 1.29 is 26.8 Å². The molecule has 0 saturated carbocycles. The van der Waals surface area contributed by atoms with Gasteiger partial charge in [-0.15, -0.1) is 0 Å². The van der Waals surface area contributed by atoms with E-state index >= 15 is 0 Å². The lowest BCUT2D eigenvalue weighted by molar-refractivity contribution is -0.141. The van der Waals surface area contributed by atoms with Gasteiger partial charge in [-0.1, -0.05) is 36.7 Å². The van der Waals surface area contributed by atoms with Crippen LogP contribution in [0.2, 0.25) is 5.02 Å². The maximum absolute atomic E-state index is 13.7. The van der Waals surface area contributed by atoms with E-state index in [4.69, 9.17) is 11.6 Å². The first-order chi connectivity index (χ1) is 16.5. The second kappa shape index (κ2) is 12.8. The molecule has 7 nitrogen and oxygen atoms in total. The highest BCUT2D eigenvalue weighted by Crippen LogP contribution is 2.23. The molecule has 0 fully saturated rings. The zero-order chi connectivity index (χ0) is 26.2. The molecule has 2 aromatic carbocycles. The minimum absolute atomic E-state index is 0.0412. The molecule has 1 unspecified atom stereocenters. The normalized spacial score (nSPS) is 12.2. The second-order valence-corrected chi connectivity index (χ2v) is 10.3. The van der Waals surface area contributed by atoms with Crippen LogP contribution in [-0.4, -0.2) is 50.5 Å². The van der Waals surface area contributed by atoms with Gasteiger partial charge in [-0.25, -0.2) is 17.2 Å². The third kappa shape index (κ3) is 7.90. The molecule has 0 saturated heterocycles. The van der Waals surface area contributed by atoms with Gasteiger partial charge in [0, 0.05) is 37.1 Å². The summed E-state index contributed by atoms with van der Waals surface area (Å²) in [6.45, 7) is 3.95. The Labute approximate surface area is 210 Å². The average Bonchev–Trinajstić information content (AvgIpc) is 2.79. The summed E-state index contributed by atoms with van der Waals surface area (Å²) in [7, 11) is -3.82. The van der Waals surface area contributed by atoms with Crippen molar-refractivity contribution in [3.05, 3.63) is 64.7 Å². The Bertz CT molecular complexity index is 1150. The summed E-state index contributed by atoms with van der Waals surface area (Å²) in [5, 5.41) is 3.19. The van der Waals surface area contributed by atoms with Gasteiger partial charge in [0.05, 0.1) is 11.9 Å². The van der Waals surface area contributed by atoms with Crippen molar-refractivity contribution in [3.63, 3.8) is 0 Å². The molecule has 0 aliphatic heterocycles. The van der Waals surface area contributed by atoms with E-state index in [9.17, 15) is 26.8 Å². The van der Waals surface area contributed by atoms with E-state index in [0.717, 1.165) is 28.8 Å². The molecule has 0 spiro atoms. The fourth-order valence-corrected chi connectivity index (χ4v) is 4.82. The molecule has 1 atom stereocenters. The van der Waals surface area contributed by atoms with Crippen LogP contribution in [0.1, 0.15) is 38.7 Å². The third-order valence-corrected chi connectivity index (χ3v) is 6.94. The molecule has 0 aliphatic rings. The van der Waals surface area contributed by atoms with Gasteiger partial charge in [0.2, 0.25) is 21.8 Å². The number of rotatable bonds is 12. The lowest BCUT2D eigenvalue weighted by atomic mass is 10.1. The number of anilines is 1. The summed E-state index contributed by atoms with van der Waals surface area (Å²) in [5.74, 6) is -2.92. The summed E-state index contributed by atoms with van der Waals surface area (Å²) in [6, 6.07) is 9.06. The summed E-state index contributed by atoms with van der Waals surface area (Å²) in [5.41, 5.74) is 0.630. The topological polar surface area (TPSA) is 86.8 Å². The van der Waals surface area contributed by atoms with E-state index in [0.29, 0.717) is 23.6 Å². The van der Waals surface area contributed by atoms with Crippen molar-refractivity contribution in [2.75, 3.05) is 23.7 Å². The molecular formula is C24H30ClF2N3O4S. The van der Waals surface area contributed by atoms with Crippen LogP contribution in [0.3, 0.4) is 0 Å². The van der Waals surface area contributed by atoms with E-state index in [1.165, 1.54) is 4.90 Å². The van der Waals surface area contributed by atoms with Crippen molar-refractivity contribution in [2.45, 2.75) is 45.7 Å². The van der Waals surface area contributed by atoms with Gasteiger partial charge in [-0.2, -0.15) is 0 Å². The van der Waals surface area contributed by atoms with Gasteiger partial charge in [-0.3, -0.25) is 13.9 Å². The molecule has 2 aromatic rings. The van der Waals surface area contributed by atoms with Crippen molar-refractivity contribution in [1.29, 1.82) is 0 Å². The number of nitrogens with zero attached hydrogens (tertiary/aromatic N) is 2. The number of hydrogen-bond acceptors (Lipinski definition) is 4. The largest absolute Gasteiger partial charge is 0.355 e. The summed E-state index contributed by atoms with van der Waals surface area (Å²) < 4.78 is 52.5. The highest BCUT2D eigenvalue weighted by Gasteiger charge is 2.29. The molecular weight excluding hydrogens is 500 g/mol. The monoisotopic (exact) mass is 529 g/mol. The number of carbonyl (C=O) groups is 2. The van der Waals surface area contributed by atoms with Crippen LogP contribution in [0, 0.1) is 11.6 Å². The maximum Gasteiger partial charge on any atom is 0.242 e. The van der Waals surface area contributed by atoms with Gasteiger partial charge in [0.25, 0.3) is 0 Å². The molecule has 0 aromatic heterocycles. The van der Waals surface area contributed by atoms with E-state index in [1.807, 2.05) is 0 Å². The Morgan fingerprint density at radius 1 is 1.09 bits per heavy atom.